The van der Waals surface area contributed by atoms with Crippen LogP contribution >= 0.6 is 11.6 Å². The van der Waals surface area contributed by atoms with Gasteiger partial charge in [0.25, 0.3) is 5.56 Å². The van der Waals surface area contributed by atoms with E-state index in [9.17, 15) is 4.79 Å². The molecule has 0 radical (unpaired) electrons. The van der Waals surface area contributed by atoms with Gasteiger partial charge in [-0.25, -0.2) is 4.98 Å². The topological polar surface area (TPSA) is 186 Å². The van der Waals surface area contributed by atoms with Gasteiger partial charge in [-0.3, -0.25) is 9.36 Å². The number of aromatic nitrogens is 4. The molecule has 164 valence electrons. The minimum absolute atomic E-state index is 0.0116. The van der Waals surface area contributed by atoms with E-state index in [1.807, 2.05) is 12.1 Å². The Morgan fingerprint density at radius 3 is 2.41 bits per heavy atom. The lowest BCUT2D eigenvalue weighted by atomic mass is 10.2. The van der Waals surface area contributed by atoms with Crippen molar-refractivity contribution in [1.29, 1.82) is 10.5 Å². The number of rotatable bonds is 5. The fourth-order valence-electron chi connectivity index (χ4n) is 3.18. The summed E-state index contributed by atoms with van der Waals surface area (Å²) in [6.07, 6.45) is 4.36. The standard InChI is InChI=1S/C16H16ClN3O.C5H6N6/c17-12-4-3-5-13-15(12)16(21)20(9-2-1-8-18)14(19-13)10-11-6-7-11;6-1-2-3(7)10-5(9)11-4(2)8/h3-5,11H,1-2,6-7,9-10H2;(H6,7,8,9,10,11). The minimum Gasteiger partial charge on any atom is -0.382 e. The van der Waals surface area contributed by atoms with E-state index in [-0.39, 0.29) is 28.7 Å². The maximum Gasteiger partial charge on any atom is 0.262 e. The van der Waals surface area contributed by atoms with Crippen LogP contribution in [0, 0.1) is 28.6 Å². The van der Waals surface area contributed by atoms with Crippen LogP contribution in [-0.4, -0.2) is 19.5 Å². The molecule has 0 aliphatic heterocycles. The number of benzene rings is 1. The number of hydrogen-bond donors (Lipinski definition) is 3. The van der Waals surface area contributed by atoms with E-state index in [1.54, 1.807) is 16.7 Å². The summed E-state index contributed by atoms with van der Waals surface area (Å²) >= 11 is 6.16. The molecule has 0 spiro atoms. The Morgan fingerprint density at radius 1 is 1.12 bits per heavy atom. The van der Waals surface area contributed by atoms with E-state index in [1.165, 1.54) is 12.8 Å². The first-order valence-corrected chi connectivity index (χ1v) is 10.4. The Morgan fingerprint density at radius 2 is 1.81 bits per heavy atom. The van der Waals surface area contributed by atoms with Gasteiger partial charge >= 0.3 is 0 Å². The van der Waals surface area contributed by atoms with E-state index < -0.39 is 0 Å². The Hall–Kier alpha value is -3.89. The molecule has 1 aliphatic rings. The summed E-state index contributed by atoms with van der Waals surface area (Å²) in [7, 11) is 0. The maximum absolute atomic E-state index is 12.7. The summed E-state index contributed by atoms with van der Waals surface area (Å²) in [4.78, 5) is 24.5. The highest BCUT2D eigenvalue weighted by molar-refractivity contribution is 6.35. The number of unbranched alkanes of at least 4 members (excludes halogenated alkanes) is 1. The molecule has 0 bridgehead atoms. The summed E-state index contributed by atoms with van der Waals surface area (Å²) in [6, 6.07) is 9.24. The van der Waals surface area contributed by atoms with Crippen molar-refractivity contribution in [3.05, 3.63) is 45.0 Å². The highest BCUT2D eigenvalue weighted by atomic mass is 35.5. The molecule has 11 heteroatoms. The van der Waals surface area contributed by atoms with Crippen LogP contribution < -0.4 is 22.8 Å². The molecule has 0 amide bonds. The van der Waals surface area contributed by atoms with Crippen molar-refractivity contribution in [2.24, 2.45) is 5.92 Å². The minimum atomic E-state index is -0.0841. The molecule has 1 aliphatic carbocycles. The highest BCUT2D eigenvalue weighted by Gasteiger charge is 2.24. The molecule has 6 N–H and O–H groups in total. The van der Waals surface area contributed by atoms with Gasteiger partial charge in [0.05, 0.1) is 22.0 Å². The van der Waals surface area contributed by atoms with E-state index >= 15 is 0 Å². The molecule has 1 saturated carbocycles. The zero-order valence-electron chi connectivity index (χ0n) is 17.3. The summed E-state index contributed by atoms with van der Waals surface area (Å²) in [5.41, 5.74) is 16.4. The van der Waals surface area contributed by atoms with Gasteiger partial charge in [-0.05, 0) is 37.3 Å². The molecule has 1 aromatic carbocycles. The molecule has 10 nitrogen and oxygen atoms in total. The first-order chi connectivity index (χ1) is 15.3. The number of anilines is 3. The van der Waals surface area contributed by atoms with Gasteiger partial charge in [0, 0.05) is 19.4 Å². The molecule has 2 heterocycles. The van der Waals surface area contributed by atoms with Crippen molar-refractivity contribution in [2.75, 3.05) is 17.2 Å². The van der Waals surface area contributed by atoms with Crippen LogP contribution in [0.15, 0.2) is 23.0 Å². The van der Waals surface area contributed by atoms with Crippen LogP contribution in [0.4, 0.5) is 17.6 Å². The summed E-state index contributed by atoms with van der Waals surface area (Å²) < 4.78 is 1.71. The van der Waals surface area contributed by atoms with Gasteiger partial charge in [-0.1, -0.05) is 17.7 Å². The number of nitrogens with zero attached hydrogens (tertiary/aromatic N) is 6. The molecule has 0 unspecified atom stereocenters. The third-order valence-corrected chi connectivity index (χ3v) is 5.26. The average molecular weight is 452 g/mol. The quantitative estimate of drug-likeness (QED) is 0.489. The molecule has 32 heavy (non-hydrogen) atoms. The molecule has 3 aromatic rings. The van der Waals surface area contributed by atoms with Gasteiger partial charge in [-0.15, -0.1) is 0 Å². The van der Waals surface area contributed by atoms with Crippen molar-refractivity contribution in [3.63, 3.8) is 0 Å². The molecule has 0 saturated heterocycles. The first kappa shape index (κ1) is 22.8. The van der Waals surface area contributed by atoms with Crippen molar-refractivity contribution in [2.45, 2.75) is 38.6 Å². The molecule has 4 rings (SSSR count). The monoisotopic (exact) mass is 451 g/mol. The molecular formula is C21H22ClN9O. The van der Waals surface area contributed by atoms with Crippen LogP contribution in [0.5, 0.6) is 0 Å². The summed E-state index contributed by atoms with van der Waals surface area (Å²) in [5.74, 6) is 1.47. The van der Waals surface area contributed by atoms with Crippen LogP contribution in [-0.2, 0) is 13.0 Å². The molecule has 0 atom stereocenters. The van der Waals surface area contributed by atoms with E-state index in [2.05, 4.69) is 21.0 Å². The van der Waals surface area contributed by atoms with E-state index in [0.29, 0.717) is 41.2 Å². The fourth-order valence-corrected chi connectivity index (χ4v) is 3.43. The Labute approximate surface area is 189 Å². The van der Waals surface area contributed by atoms with Crippen molar-refractivity contribution in [1.82, 2.24) is 19.5 Å². The lowest BCUT2D eigenvalue weighted by Crippen LogP contribution is -2.26. The maximum atomic E-state index is 12.7. The third-order valence-electron chi connectivity index (χ3n) is 4.94. The van der Waals surface area contributed by atoms with Gasteiger partial charge in [0.1, 0.15) is 29.1 Å². The first-order valence-electron chi connectivity index (χ1n) is 9.99. The van der Waals surface area contributed by atoms with E-state index in [0.717, 1.165) is 12.2 Å². The van der Waals surface area contributed by atoms with Crippen LogP contribution in [0.25, 0.3) is 10.9 Å². The lowest BCUT2D eigenvalue weighted by molar-refractivity contribution is 0.575. The number of hydrogen-bond acceptors (Lipinski definition) is 9. The number of halogens is 1. The largest absolute Gasteiger partial charge is 0.382 e. The highest BCUT2D eigenvalue weighted by Crippen LogP contribution is 2.32. The predicted molar refractivity (Wildman–Crippen MR) is 122 cm³/mol. The Balaban J connectivity index is 0.000000222. The Bertz CT molecular complexity index is 1260. The number of fused-ring (bicyclic) bond motifs is 1. The second kappa shape index (κ2) is 9.94. The average Bonchev–Trinajstić information content (AvgIpc) is 3.54. The summed E-state index contributed by atoms with van der Waals surface area (Å²) in [6.45, 7) is 0.530. The second-order valence-electron chi connectivity index (χ2n) is 7.37. The van der Waals surface area contributed by atoms with Crippen LogP contribution in [0.2, 0.25) is 5.02 Å². The van der Waals surface area contributed by atoms with E-state index in [4.69, 9.17) is 39.3 Å². The third kappa shape index (κ3) is 5.23. The van der Waals surface area contributed by atoms with Gasteiger partial charge in [0.15, 0.2) is 0 Å². The SMILES string of the molecule is N#CCCCn1c(CC2CC2)nc2cccc(Cl)c2c1=O.N#Cc1c(N)nc(N)nc1N. The van der Waals surface area contributed by atoms with Crippen LogP contribution in [0.1, 0.15) is 37.1 Å². The summed E-state index contributed by atoms with van der Waals surface area (Å²) in [5, 5.41) is 18.1. The predicted octanol–water partition coefficient (Wildman–Crippen LogP) is 2.40. The van der Waals surface area contributed by atoms with Gasteiger partial charge in [0.2, 0.25) is 5.95 Å². The fraction of sp³-hybridized carbons (Fsp3) is 0.333. The number of nitrogen functional groups attached to an aromatic ring is 3. The zero-order valence-corrected chi connectivity index (χ0v) is 18.0. The van der Waals surface area contributed by atoms with Crippen molar-refractivity contribution in [3.8, 4) is 12.1 Å². The Kier molecular flexibility index (Phi) is 7.08. The number of nitrogens with two attached hydrogens (primary N) is 3. The molecular weight excluding hydrogens is 430 g/mol. The number of nitriles is 2. The van der Waals surface area contributed by atoms with Crippen LogP contribution in [0.3, 0.4) is 0 Å². The smallest absolute Gasteiger partial charge is 0.262 e. The zero-order chi connectivity index (χ0) is 23.3. The van der Waals surface area contributed by atoms with Crippen molar-refractivity contribution < 1.29 is 0 Å². The van der Waals surface area contributed by atoms with Gasteiger partial charge in [-0.2, -0.15) is 20.5 Å². The second-order valence-corrected chi connectivity index (χ2v) is 7.77. The van der Waals surface area contributed by atoms with Gasteiger partial charge < -0.3 is 17.2 Å². The lowest BCUT2D eigenvalue weighted by Gasteiger charge is -2.13. The molecule has 2 aromatic heterocycles. The normalized spacial score (nSPS) is 12.5. The van der Waals surface area contributed by atoms with Crippen molar-refractivity contribution >= 4 is 40.1 Å². The molecule has 1 fully saturated rings.